The molecule has 0 aliphatic carbocycles. The van der Waals surface area contributed by atoms with E-state index in [0.717, 1.165) is 6.92 Å². The average Bonchev–Trinajstić information content (AvgIpc) is 2.01. The molecule has 0 aliphatic rings. The molecule has 0 bridgehead atoms. The fourth-order valence-corrected chi connectivity index (χ4v) is 0.603. The second kappa shape index (κ2) is 3.61. The molecule has 2 unspecified atom stereocenters. The Morgan fingerprint density at radius 3 is 2.55 bits per heavy atom. The van der Waals surface area contributed by atoms with E-state index >= 15 is 0 Å². The molecule has 0 fully saturated rings. The molecule has 0 heterocycles. The highest BCUT2D eigenvalue weighted by Crippen LogP contribution is 2.18. The van der Waals surface area contributed by atoms with E-state index in [-0.39, 0.29) is 6.42 Å². The van der Waals surface area contributed by atoms with Crippen molar-refractivity contribution in [2.75, 3.05) is 0 Å². The van der Waals surface area contributed by atoms with Crippen LogP contribution < -0.4 is 0 Å². The number of alkyl halides is 1. The van der Waals surface area contributed by atoms with E-state index < -0.39 is 17.7 Å². The van der Waals surface area contributed by atoms with Crippen LogP contribution in [0.4, 0.5) is 8.92 Å². The molecule has 2 atom stereocenters. The van der Waals surface area contributed by atoms with E-state index in [9.17, 15) is 13.7 Å². The molecule has 0 aromatic rings. The first-order valence-electron chi connectivity index (χ1n) is 3.16. The van der Waals surface area contributed by atoms with Crippen LogP contribution in [-0.2, 0) is 9.74 Å². The van der Waals surface area contributed by atoms with Crippen molar-refractivity contribution in [2.45, 2.75) is 32.0 Å². The van der Waals surface area contributed by atoms with Gasteiger partial charge in [-0.1, -0.05) is 6.92 Å². The maximum atomic E-state index is 12.6. The molecule has 66 valence electrons. The molecule has 0 aromatic heterocycles. The fraction of sp³-hybridized carbons (Fsp3) is 0.833. The van der Waals surface area contributed by atoms with E-state index in [1.54, 1.807) is 0 Å². The van der Waals surface area contributed by atoms with Gasteiger partial charge in [0.05, 0.1) is 0 Å². The van der Waals surface area contributed by atoms with Gasteiger partial charge < -0.3 is 5.11 Å². The third kappa shape index (κ3) is 2.11. The lowest BCUT2D eigenvalue weighted by atomic mass is 9.99. The van der Waals surface area contributed by atoms with Gasteiger partial charge in [0.25, 0.3) is 0 Å². The highest BCUT2D eigenvalue weighted by Gasteiger charge is 2.41. The zero-order valence-corrected chi connectivity index (χ0v) is 6.30. The summed E-state index contributed by atoms with van der Waals surface area (Å²) in [5, 5.41) is 8.96. The van der Waals surface area contributed by atoms with Crippen LogP contribution in [0.15, 0.2) is 0 Å². The number of rotatable bonds is 3. The van der Waals surface area contributed by atoms with Gasteiger partial charge >= 0.3 is 5.97 Å². The summed E-state index contributed by atoms with van der Waals surface area (Å²) in [6, 6.07) is 0. The Labute approximate surface area is 62.9 Å². The summed E-state index contributed by atoms with van der Waals surface area (Å²) in [5.41, 5.74) is -2.39. The molecule has 1 N–H and O–H groups in total. The van der Waals surface area contributed by atoms with Crippen LogP contribution in [0.25, 0.3) is 0 Å². The number of carbonyl (C=O) groups excluding carboxylic acids is 1. The van der Waals surface area contributed by atoms with E-state index in [1.807, 2.05) is 0 Å². The van der Waals surface area contributed by atoms with Gasteiger partial charge in [-0.15, -0.1) is 0 Å². The molecule has 0 radical (unpaired) electrons. The largest absolute Gasteiger partial charge is 0.382 e. The standard InChI is InChI=1S/C6H10F2O3/c1-3-4(7)6(2,10)5(9)11-8/h4,10H,3H2,1-2H3. The second-order valence-corrected chi connectivity index (χ2v) is 2.39. The van der Waals surface area contributed by atoms with Crippen molar-refractivity contribution in [1.82, 2.24) is 0 Å². The van der Waals surface area contributed by atoms with Gasteiger partial charge in [0.2, 0.25) is 0 Å². The van der Waals surface area contributed by atoms with Crippen molar-refractivity contribution in [3.8, 4) is 0 Å². The summed E-state index contributed by atoms with van der Waals surface area (Å²) < 4.78 is 23.8. The van der Waals surface area contributed by atoms with Gasteiger partial charge in [-0.25, -0.2) is 9.18 Å². The number of hydrogen-bond donors (Lipinski definition) is 1. The number of hydrogen-bond acceptors (Lipinski definition) is 3. The first-order chi connectivity index (χ1) is 4.96. The highest BCUT2D eigenvalue weighted by atomic mass is 19.3. The Hall–Kier alpha value is -0.710. The monoisotopic (exact) mass is 168 g/mol. The zero-order valence-electron chi connectivity index (χ0n) is 6.30. The summed E-state index contributed by atoms with van der Waals surface area (Å²) in [4.78, 5) is 13.1. The SMILES string of the molecule is CCC(F)C(C)(O)C(=O)OF. The Morgan fingerprint density at radius 2 is 2.27 bits per heavy atom. The minimum absolute atomic E-state index is 0.0813. The van der Waals surface area contributed by atoms with Crippen molar-refractivity contribution in [2.24, 2.45) is 0 Å². The van der Waals surface area contributed by atoms with Gasteiger partial charge in [-0.2, -0.15) is 0 Å². The van der Waals surface area contributed by atoms with E-state index in [4.69, 9.17) is 5.11 Å². The maximum Gasteiger partial charge on any atom is 0.382 e. The first kappa shape index (κ1) is 10.3. The Balaban J connectivity index is 4.31. The molecule has 5 heteroatoms. The van der Waals surface area contributed by atoms with E-state index in [1.165, 1.54) is 6.92 Å². The van der Waals surface area contributed by atoms with Crippen LogP contribution in [0, 0.1) is 0 Å². The van der Waals surface area contributed by atoms with Gasteiger partial charge in [0.1, 0.15) is 6.17 Å². The van der Waals surface area contributed by atoms with Crippen LogP contribution in [0.5, 0.6) is 0 Å². The molecule has 11 heavy (non-hydrogen) atoms. The third-order valence-corrected chi connectivity index (χ3v) is 1.45. The molecule has 0 aliphatic heterocycles. The fourth-order valence-electron chi connectivity index (χ4n) is 0.603. The molecular weight excluding hydrogens is 158 g/mol. The number of halogens is 2. The van der Waals surface area contributed by atoms with Crippen LogP contribution in [0.1, 0.15) is 20.3 Å². The lowest BCUT2D eigenvalue weighted by Crippen LogP contribution is -2.44. The summed E-state index contributed by atoms with van der Waals surface area (Å²) in [7, 11) is 0. The van der Waals surface area contributed by atoms with Gasteiger partial charge in [0.15, 0.2) is 5.60 Å². The molecule has 0 saturated heterocycles. The predicted octanol–water partition coefficient (Wildman–Crippen LogP) is 0.913. The first-order valence-corrected chi connectivity index (χ1v) is 3.16. The van der Waals surface area contributed by atoms with Crippen molar-refractivity contribution < 1.29 is 23.8 Å². The number of aliphatic hydroxyl groups is 1. The van der Waals surface area contributed by atoms with Gasteiger partial charge in [-0.3, -0.25) is 4.94 Å². The summed E-state index contributed by atoms with van der Waals surface area (Å²) in [6.07, 6.45) is -1.90. The Morgan fingerprint density at radius 1 is 1.82 bits per heavy atom. The average molecular weight is 168 g/mol. The van der Waals surface area contributed by atoms with Gasteiger partial charge in [0, 0.05) is 4.53 Å². The molecule has 0 saturated carbocycles. The van der Waals surface area contributed by atoms with Crippen LogP contribution in [0.2, 0.25) is 0 Å². The second-order valence-electron chi connectivity index (χ2n) is 2.39. The molecule has 0 rings (SSSR count). The third-order valence-electron chi connectivity index (χ3n) is 1.45. The maximum absolute atomic E-state index is 12.6. The van der Waals surface area contributed by atoms with Gasteiger partial charge in [-0.05, 0) is 13.3 Å². The Kier molecular flexibility index (Phi) is 3.38. The van der Waals surface area contributed by atoms with Crippen molar-refractivity contribution in [1.29, 1.82) is 0 Å². The van der Waals surface area contributed by atoms with Crippen molar-refractivity contribution >= 4 is 5.97 Å². The van der Waals surface area contributed by atoms with Crippen LogP contribution in [-0.4, -0.2) is 22.8 Å². The van der Waals surface area contributed by atoms with E-state index in [2.05, 4.69) is 4.94 Å². The smallest absolute Gasteiger partial charge is 0.376 e. The molecular formula is C6H10F2O3. The topological polar surface area (TPSA) is 46.5 Å². The van der Waals surface area contributed by atoms with E-state index in [0.29, 0.717) is 0 Å². The predicted molar refractivity (Wildman–Crippen MR) is 33.0 cm³/mol. The minimum Gasteiger partial charge on any atom is -0.376 e. The lowest BCUT2D eigenvalue weighted by Gasteiger charge is -2.21. The number of carbonyl (C=O) groups is 1. The van der Waals surface area contributed by atoms with Crippen molar-refractivity contribution in [3.05, 3.63) is 0 Å². The summed E-state index contributed by atoms with van der Waals surface area (Å²) in [5.74, 6) is -1.60. The lowest BCUT2D eigenvalue weighted by molar-refractivity contribution is -0.209. The minimum atomic E-state index is -2.39. The quantitative estimate of drug-likeness (QED) is 0.681. The molecule has 3 nitrogen and oxygen atoms in total. The highest BCUT2D eigenvalue weighted by molar-refractivity contribution is 5.78. The summed E-state index contributed by atoms with van der Waals surface area (Å²) in [6.45, 7) is 2.29. The summed E-state index contributed by atoms with van der Waals surface area (Å²) >= 11 is 0. The molecule has 0 aromatic carbocycles. The zero-order chi connectivity index (χ0) is 9.07. The van der Waals surface area contributed by atoms with Crippen LogP contribution >= 0.6 is 0 Å². The molecule has 0 spiro atoms. The normalized spacial score (nSPS) is 18.6. The van der Waals surface area contributed by atoms with Crippen LogP contribution in [0.3, 0.4) is 0 Å². The molecule has 0 amide bonds. The Bertz CT molecular complexity index is 147. The van der Waals surface area contributed by atoms with Crippen molar-refractivity contribution in [3.63, 3.8) is 0 Å².